The molecule has 0 spiro atoms. The standard InChI is InChI=1S/C16H19N3O2S.2ClH/c17-15(11-4-5-11)7-18-16(20)12-2-1-3-14(6-12)21-8-13-9-22-10-19-13;;/h1-3,6,9-11,15H,4-5,7-8,17H2,(H,18,20);2*1H. The van der Waals surface area contributed by atoms with Crippen LogP contribution in [0.3, 0.4) is 0 Å². The van der Waals surface area contributed by atoms with E-state index in [1.807, 2.05) is 17.5 Å². The summed E-state index contributed by atoms with van der Waals surface area (Å²) in [5, 5.41) is 4.83. The zero-order valence-corrected chi connectivity index (χ0v) is 15.5. The summed E-state index contributed by atoms with van der Waals surface area (Å²) >= 11 is 1.53. The molecular formula is C16H21Cl2N3O2S. The Kier molecular flexibility index (Phi) is 8.48. The zero-order chi connectivity index (χ0) is 15.4. The number of ether oxygens (including phenoxy) is 1. The highest BCUT2D eigenvalue weighted by Gasteiger charge is 2.28. The maximum atomic E-state index is 12.1. The van der Waals surface area contributed by atoms with E-state index in [4.69, 9.17) is 10.5 Å². The predicted octanol–water partition coefficient (Wildman–Crippen LogP) is 3.03. The molecule has 1 aromatic heterocycles. The molecule has 1 fully saturated rings. The lowest BCUT2D eigenvalue weighted by Gasteiger charge is -2.12. The maximum absolute atomic E-state index is 12.1. The summed E-state index contributed by atoms with van der Waals surface area (Å²) in [6, 6.07) is 7.22. The van der Waals surface area contributed by atoms with Gasteiger partial charge in [-0.05, 0) is 37.0 Å². The smallest absolute Gasteiger partial charge is 0.251 e. The molecule has 1 unspecified atom stereocenters. The van der Waals surface area contributed by atoms with Crippen LogP contribution in [0.5, 0.6) is 5.75 Å². The van der Waals surface area contributed by atoms with Crippen LogP contribution in [-0.4, -0.2) is 23.5 Å². The summed E-state index contributed by atoms with van der Waals surface area (Å²) in [6.45, 7) is 0.925. The summed E-state index contributed by atoms with van der Waals surface area (Å²) in [5.41, 5.74) is 9.23. The Morgan fingerprint density at radius 3 is 2.88 bits per heavy atom. The Labute approximate surface area is 157 Å². The first-order chi connectivity index (χ1) is 10.7. The maximum Gasteiger partial charge on any atom is 0.251 e. The minimum Gasteiger partial charge on any atom is -0.487 e. The quantitative estimate of drug-likeness (QED) is 0.762. The number of rotatable bonds is 7. The molecule has 3 N–H and O–H groups in total. The second kappa shape index (κ2) is 9.84. The Bertz CT molecular complexity index is 636. The molecule has 1 saturated carbocycles. The summed E-state index contributed by atoms with van der Waals surface area (Å²) in [6.07, 6.45) is 2.36. The highest BCUT2D eigenvalue weighted by Crippen LogP contribution is 2.31. The largest absolute Gasteiger partial charge is 0.487 e. The third-order valence-corrected chi connectivity index (χ3v) is 4.33. The lowest BCUT2D eigenvalue weighted by molar-refractivity contribution is 0.0950. The SMILES string of the molecule is Cl.Cl.NC(CNC(=O)c1cccc(OCc2cscn2)c1)C1CC1. The molecule has 1 aromatic carbocycles. The molecule has 0 saturated heterocycles. The van der Waals surface area contributed by atoms with Gasteiger partial charge in [-0.3, -0.25) is 4.79 Å². The van der Waals surface area contributed by atoms with Crippen molar-refractivity contribution in [1.82, 2.24) is 10.3 Å². The number of halogens is 2. The molecule has 1 atom stereocenters. The Morgan fingerprint density at radius 1 is 1.42 bits per heavy atom. The van der Waals surface area contributed by atoms with Crippen LogP contribution >= 0.6 is 36.2 Å². The molecule has 0 bridgehead atoms. The molecule has 2 aromatic rings. The number of hydrogen-bond donors (Lipinski definition) is 2. The van der Waals surface area contributed by atoms with E-state index >= 15 is 0 Å². The fourth-order valence-corrected chi connectivity index (χ4v) is 2.74. The van der Waals surface area contributed by atoms with E-state index in [2.05, 4.69) is 10.3 Å². The number of thiazole rings is 1. The fraction of sp³-hybridized carbons (Fsp3) is 0.375. The van der Waals surface area contributed by atoms with Gasteiger partial charge in [0.2, 0.25) is 0 Å². The number of carbonyl (C=O) groups excluding carboxylic acids is 1. The predicted molar refractivity (Wildman–Crippen MR) is 100 cm³/mol. The second-order valence-electron chi connectivity index (χ2n) is 5.51. The number of benzene rings is 1. The van der Waals surface area contributed by atoms with Crippen molar-refractivity contribution in [3.63, 3.8) is 0 Å². The van der Waals surface area contributed by atoms with E-state index in [1.165, 1.54) is 24.2 Å². The summed E-state index contributed by atoms with van der Waals surface area (Å²) in [5.74, 6) is 1.12. The van der Waals surface area contributed by atoms with Crippen LogP contribution < -0.4 is 15.8 Å². The molecule has 1 heterocycles. The molecule has 1 aliphatic rings. The van der Waals surface area contributed by atoms with Crippen molar-refractivity contribution in [2.45, 2.75) is 25.5 Å². The molecule has 5 nitrogen and oxygen atoms in total. The first kappa shape index (κ1) is 20.7. The van der Waals surface area contributed by atoms with Gasteiger partial charge in [0.15, 0.2) is 0 Å². The van der Waals surface area contributed by atoms with Gasteiger partial charge >= 0.3 is 0 Å². The first-order valence-corrected chi connectivity index (χ1v) is 8.30. The van der Waals surface area contributed by atoms with Crippen LogP contribution in [-0.2, 0) is 6.61 Å². The van der Waals surface area contributed by atoms with E-state index in [9.17, 15) is 4.79 Å². The number of amides is 1. The molecule has 0 aliphatic heterocycles. The van der Waals surface area contributed by atoms with E-state index in [0.717, 1.165) is 5.69 Å². The highest BCUT2D eigenvalue weighted by atomic mass is 35.5. The first-order valence-electron chi connectivity index (χ1n) is 7.36. The van der Waals surface area contributed by atoms with E-state index in [0.29, 0.717) is 30.4 Å². The van der Waals surface area contributed by atoms with Crippen LogP contribution in [0, 0.1) is 5.92 Å². The van der Waals surface area contributed by atoms with Crippen molar-refractivity contribution in [2.75, 3.05) is 6.54 Å². The van der Waals surface area contributed by atoms with Crippen molar-refractivity contribution in [3.05, 3.63) is 46.4 Å². The van der Waals surface area contributed by atoms with Gasteiger partial charge in [-0.15, -0.1) is 36.2 Å². The Hall–Kier alpha value is -1.34. The van der Waals surface area contributed by atoms with Crippen LogP contribution in [0.15, 0.2) is 35.2 Å². The summed E-state index contributed by atoms with van der Waals surface area (Å²) in [4.78, 5) is 16.3. The van der Waals surface area contributed by atoms with Gasteiger partial charge in [0, 0.05) is 23.5 Å². The van der Waals surface area contributed by atoms with Crippen molar-refractivity contribution in [3.8, 4) is 5.75 Å². The van der Waals surface area contributed by atoms with Gasteiger partial charge in [0.1, 0.15) is 12.4 Å². The third-order valence-electron chi connectivity index (χ3n) is 3.69. The van der Waals surface area contributed by atoms with Crippen molar-refractivity contribution in [1.29, 1.82) is 0 Å². The van der Waals surface area contributed by atoms with Gasteiger partial charge in [0.25, 0.3) is 5.91 Å². The average Bonchev–Trinajstić information content (AvgIpc) is 3.27. The average molecular weight is 390 g/mol. The van der Waals surface area contributed by atoms with E-state index in [1.54, 1.807) is 17.6 Å². The van der Waals surface area contributed by atoms with Crippen LogP contribution in [0.4, 0.5) is 0 Å². The number of aromatic nitrogens is 1. The number of hydrogen-bond acceptors (Lipinski definition) is 5. The minimum absolute atomic E-state index is 0. The number of nitrogens with zero attached hydrogens (tertiary/aromatic N) is 1. The zero-order valence-electron chi connectivity index (χ0n) is 13.0. The fourth-order valence-electron chi connectivity index (χ4n) is 2.20. The molecule has 3 rings (SSSR count). The lowest BCUT2D eigenvalue weighted by atomic mass is 10.1. The van der Waals surface area contributed by atoms with Gasteiger partial charge in [-0.2, -0.15) is 0 Å². The molecule has 1 amide bonds. The molecular weight excluding hydrogens is 369 g/mol. The molecule has 0 radical (unpaired) electrons. The van der Waals surface area contributed by atoms with Crippen LogP contribution in [0.25, 0.3) is 0 Å². The minimum atomic E-state index is -0.116. The topological polar surface area (TPSA) is 77.2 Å². The van der Waals surface area contributed by atoms with Crippen LogP contribution in [0.1, 0.15) is 28.9 Å². The highest BCUT2D eigenvalue weighted by molar-refractivity contribution is 7.07. The Morgan fingerprint density at radius 2 is 2.21 bits per heavy atom. The van der Waals surface area contributed by atoms with Crippen molar-refractivity contribution in [2.24, 2.45) is 11.7 Å². The van der Waals surface area contributed by atoms with E-state index in [-0.39, 0.29) is 36.8 Å². The van der Waals surface area contributed by atoms with Crippen molar-refractivity contribution >= 4 is 42.1 Å². The van der Waals surface area contributed by atoms with E-state index < -0.39 is 0 Å². The summed E-state index contributed by atoms with van der Waals surface area (Å²) < 4.78 is 5.65. The number of carbonyl (C=O) groups is 1. The Balaban J connectivity index is 0.00000144. The third kappa shape index (κ3) is 5.94. The second-order valence-corrected chi connectivity index (χ2v) is 6.23. The number of nitrogens with two attached hydrogens (primary N) is 1. The van der Waals surface area contributed by atoms with Crippen molar-refractivity contribution < 1.29 is 9.53 Å². The van der Waals surface area contributed by atoms with Gasteiger partial charge in [0.05, 0.1) is 11.2 Å². The van der Waals surface area contributed by atoms with Gasteiger partial charge in [-0.1, -0.05) is 6.07 Å². The lowest BCUT2D eigenvalue weighted by Crippen LogP contribution is -2.38. The van der Waals surface area contributed by atoms with Gasteiger partial charge < -0.3 is 15.8 Å². The molecule has 132 valence electrons. The number of nitrogens with one attached hydrogen (secondary N) is 1. The summed E-state index contributed by atoms with van der Waals surface area (Å²) in [7, 11) is 0. The molecule has 8 heteroatoms. The molecule has 1 aliphatic carbocycles. The molecule has 24 heavy (non-hydrogen) atoms. The normalized spacial score (nSPS) is 14.0. The van der Waals surface area contributed by atoms with Gasteiger partial charge in [-0.25, -0.2) is 4.98 Å². The monoisotopic (exact) mass is 389 g/mol. The van der Waals surface area contributed by atoms with Crippen LogP contribution in [0.2, 0.25) is 0 Å².